The Balaban J connectivity index is 2.12. The van der Waals surface area contributed by atoms with Crippen molar-refractivity contribution in [2.45, 2.75) is 13.3 Å². The topological polar surface area (TPSA) is 66.4 Å². The Bertz CT molecular complexity index is 684. The molecule has 5 heteroatoms. The van der Waals surface area contributed by atoms with E-state index in [0.717, 1.165) is 15.2 Å². The van der Waals surface area contributed by atoms with Gasteiger partial charge in [0.25, 0.3) is 5.91 Å². The molecule has 0 aromatic heterocycles. The largest absolute Gasteiger partial charge is 0.481 e. The number of aliphatic carboxylic acids is 1. The molecule has 1 amide bonds. The van der Waals surface area contributed by atoms with Crippen LogP contribution in [0.2, 0.25) is 0 Å². The number of amides is 1. The fraction of sp³-hybridized carbons (Fsp3) is 0.250. The minimum absolute atomic E-state index is 0.142. The lowest BCUT2D eigenvalue weighted by atomic mass is 10.1. The van der Waals surface area contributed by atoms with Crippen LogP contribution in [-0.4, -0.2) is 23.5 Å². The minimum Gasteiger partial charge on any atom is -0.481 e. The molecule has 0 bridgehead atoms. The number of benzene rings is 2. The molecule has 2 aromatic rings. The SMILES string of the molecule is CCC(CNC(=O)c1ccc2cc(Br)ccc2c1)C(=O)O. The highest BCUT2D eigenvalue weighted by Crippen LogP contribution is 2.21. The second-order valence-electron chi connectivity index (χ2n) is 4.86. The fourth-order valence-electron chi connectivity index (χ4n) is 2.08. The molecular weight excluding hydrogens is 334 g/mol. The van der Waals surface area contributed by atoms with E-state index in [1.165, 1.54) is 0 Å². The van der Waals surface area contributed by atoms with E-state index in [9.17, 15) is 9.59 Å². The maximum Gasteiger partial charge on any atom is 0.308 e. The van der Waals surface area contributed by atoms with Crippen LogP contribution < -0.4 is 5.32 Å². The highest BCUT2D eigenvalue weighted by molar-refractivity contribution is 9.10. The van der Waals surface area contributed by atoms with E-state index in [2.05, 4.69) is 21.2 Å². The highest BCUT2D eigenvalue weighted by atomic mass is 79.9. The Morgan fingerprint density at radius 1 is 1.19 bits per heavy atom. The van der Waals surface area contributed by atoms with E-state index in [-0.39, 0.29) is 12.5 Å². The number of carboxylic acid groups (broad SMARTS) is 1. The maximum absolute atomic E-state index is 12.1. The first-order valence-electron chi connectivity index (χ1n) is 6.71. The van der Waals surface area contributed by atoms with E-state index in [1.807, 2.05) is 24.3 Å². The quantitative estimate of drug-likeness (QED) is 0.868. The number of hydrogen-bond acceptors (Lipinski definition) is 2. The van der Waals surface area contributed by atoms with E-state index >= 15 is 0 Å². The van der Waals surface area contributed by atoms with Gasteiger partial charge in [-0.25, -0.2) is 0 Å². The first kappa shape index (κ1) is 15.5. The first-order chi connectivity index (χ1) is 10.0. The average Bonchev–Trinajstić information content (AvgIpc) is 2.46. The van der Waals surface area contributed by atoms with Crippen LogP contribution in [0, 0.1) is 5.92 Å². The molecule has 0 aliphatic rings. The lowest BCUT2D eigenvalue weighted by Crippen LogP contribution is -2.32. The maximum atomic E-state index is 12.1. The Kier molecular flexibility index (Phi) is 4.96. The van der Waals surface area contributed by atoms with Gasteiger partial charge in [0.1, 0.15) is 0 Å². The number of halogens is 1. The van der Waals surface area contributed by atoms with Crippen molar-refractivity contribution in [1.29, 1.82) is 0 Å². The van der Waals surface area contributed by atoms with Crippen molar-refractivity contribution in [1.82, 2.24) is 5.32 Å². The number of fused-ring (bicyclic) bond motifs is 1. The summed E-state index contributed by atoms with van der Waals surface area (Å²) in [5, 5.41) is 13.7. The zero-order valence-electron chi connectivity index (χ0n) is 11.6. The summed E-state index contributed by atoms with van der Waals surface area (Å²) in [6, 6.07) is 11.3. The molecule has 4 nitrogen and oxygen atoms in total. The van der Waals surface area contributed by atoms with Crippen LogP contribution in [-0.2, 0) is 4.79 Å². The van der Waals surface area contributed by atoms with Crippen molar-refractivity contribution in [3.8, 4) is 0 Å². The molecule has 0 aliphatic heterocycles. The first-order valence-corrected chi connectivity index (χ1v) is 7.51. The summed E-state index contributed by atoms with van der Waals surface area (Å²) in [6.07, 6.45) is 0.487. The monoisotopic (exact) mass is 349 g/mol. The van der Waals surface area contributed by atoms with Crippen LogP contribution in [0.5, 0.6) is 0 Å². The molecule has 0 heterocycles. The summed E-state index contributed by atoms with van der Waals surface area (Å²) in [7, 11) is 0. The summed E-state index contributed by atoms with van der Waals surface area (Å²) < 4.78 is 0.986. The molecule has 1 atom stereocenters. The average molecular weight is 350 g/mol. The summed E-state index contributed by atoms with van der Waals surface area (Å²) in [6.45, 7) is 1.93. The lowest BCUT2D eigenvalue weighted by molar-refractivity contribution is -0.141. The second kappa shape index (κ2) is 6.72. The van der Waals surface area contributed by atoms with Gasteiger partial charge in [0, 0.05) is 16.6 Å². The summed E-state index contributed by atoms with van der Waals surface area (Å²) in [5.41, 5.74) is 0.532. The molecule has 0 radical (unpaired) electrons. The smallest absolute Gasteiger partial charge is 0.308 e. The second-order valence-corrected chi connectivity index (χ2v) is 5.78. The van der Waals surface area contributed by atoms with Gasteiger partial charge >= 0.3 is 5.97 Å². The van der Waals surface area contributed by atoms with Gasteiger partial charge in [0.2, 0.25) is 0 Å². The number of hydrogen-bond donors (Lipinski definition) is 2. The third-order valence-electron chi connectivity index (χ3n) is 3.42. The lowest BCUT2D eigenvalue weighted by Gasteiger charge is -2.11. The standard InChI is InChI=1S/C16H16BrNO3/c1-2-10(16(20)21)9-18-15(19)13-4-3-12-8-14(17)6-5-11(12)7-13/h3-8,10H,2,9H2,1H3,(H,18,19)(H,20,21). The van der Waals surface area contributed by atoms with Gasteiger partial charge in [0.15, 0.2) is 0 Å². The molecular formula is C16H16BrNO3. The van der Waals surface area contributed by atoms with Crippen LogP contribution in [0.1, 0.15) is 23.7 Å². The van der Waals surface area contributed by atoms with E-state index < -0.39 is 11.9 Å². The number of nitrogens with one attached hydrogen (secondary N) is 1. The van der Waals surface area contributed by atoms with Crippen molar-refractivity contribution in [3.05, 3.63) is 46.4 Å². The zero-order chi connectivity index (χ0) is 15.4. The van der Waals surface area contributed by atoms with Crippen LogP contribution in [0.4, 0.5) is 0 Å². The third kappa shape index (κ3) is 3.82. The van der Waals surface area contributed by atoms with Crippen molar-refractivity contribution < 1.29 is 14.7 Å². The minimum atomic E-state index is -0.888. The molecule has 0 saturated heterocycles. The van der Waals surface area contributed by atoms with E-state index in [0.29, 0.717) is 12.0 Å². The van der Waals surface area contributed by atoms with Gasteiger partial charge in [-0.2, -0.15) is 0 Å². The molecule has 0 saturated carbocycles. The summed E-state index contributed by atoms with van der Waals surface area (Å²) in [4.78, 5) is 23.0. The van der Waals surface area contributed by atoms with Crippen LogP contribution in [0.15, 0.2) is 40.9 Å². The van der Waals surface area contributed by atoms with Crippen LogP contribution in [0.3, 0.4) is 0 Å². The van der Waals surface area contributed by atoms with Gasteiger partial charge in [-0.3, -0.25) is 9.59 Å². The van der Waals surface area contributed by atoms with Crippen LogP contribution >= 0.6 is 15.9 Å². The number of carbonyl (C=O) groups is 2. The zero-order valence-corrected chi connectivity index (χ0v) is 13.2. The Hall–Kier alpha value is -1.88. The number of carboxylic acids is 1. The molecule has 0 aliphatic carbocycles. The summed E-state index contributed by atoms with van der Waals surface area (Å²) in [5.74, 6) is -1.69. The molecule has 0 spiro atoms. The van der Waals surface area contributed by atoms with Gasteiger partial charge in [-0.1, -0.05) is 35.0 Å². The highest BCUT2D eigenvalue weighted by Gasteiger charge is 2.16. The van der Waals surface area contributed by atoms with Gasteiger partial charge in [0.05, 0.1) is 5.92 Å². The molecule has 2 rings (SSSR count). The molecule has 2 aromatic carbocycles. The Labute approximate surface area is 131 Å². The Morgan fingerprint density at radius 2 is 1.86 bits per heavy atom. The van der Waals surface area contributed by atoms with Crippen molar-refractivity contribution >= 4 is 38.6 Å². The summed E-state index contributed by atoms with van der Waals surface area (Å²) >= 11 is 3.41. The van der Waals surface area contributed by atoms with Crippen molar-refractivity contribution in [2.24, 2.45) is 5.92 Å². The molecule has 1 unspecified atom stereocenters. The third-order valence-corrected chi connectivity index (χ3v) is 3.91. The number of carbonyl (C=O) groups excluding carboxylic acids is 1. The van der Waals surface area contributed by atoms with E-state index in [1.54, 1.807) is 19.1 Å². The molecule has 2 N–H and O–H groups in total. The fourth-order valence-corrected chi connectivity index (χ4v) is 2.46. The normalized spacial score (nSPS) is 12.1. The van der Waals surface area contributed by atoms with Gasteiger partial charge < -0.3 is 10.4 Å². The predicted octanol–water partition coefficient (Wildman–Crippen LogP) is 3.44. The van der Waals surface area contributed by atoms with Crippen molar-refractivity contribution in [3.63, 3.8) is 0 Å². The van der Waals surface area contributed by atoms with Gasteiger partial charge in [-0.15, -0.1) is 0 Å². The molecule has 110 valence electrons. The van der Waals surface area contributed by atoms with Crippen molar-refractivity contribution in [2.75, 3.05) is 6.54 Å². The van der Waals surface area contributed by atoms with Gasteiger partial charge in [-0.05, 0) is 41.5 Å². The van der Waals surface area contributed by atoms with Crippen LogP contribution in [0.25, 0.3) is 10.8 Å². The Morgan fingerprint density at radius 3 is 2.52 bits per heavy atom. The molecule has 21 heavy (non-hydrogen) atoms. The predicted molar refractivity (Wildman–Crippen MR) is 85.4 cm³/mol. The molecule has 0 fully saturated rings. The number of rotatable bonds is 5. The van der Waals surface area contributed by atoms with E-state index in [4.69, 9.17) is 5.11 Å².